The highest BCUT2D eigenvalue weighted by Crippen LogP contribution is 2.20. The van der Waals surface area contributed by atoms with E-state index in [1.54, 1.807) is 0 Å². The first-order valence-corrected chi connectivity index (χ1v) is 6.49. The summed E-state index contributed by atoms with van der Waals surface area (Å²) in [6.45, 7) is 2.25. The van der Waals surface area contributed by atoms with E-state index in [0.29, 0.717) is 6.61 Å². The zero-order valence-corrected chi connectivity index (χ0v) is 11.5. The van der Waals surface area contributed by atoms with Crippen LogP contribution in [0.25, 0.3) is 11.1 Å². The second-order valence-corrected chi connectivity index (χ2v) is 4.51. The predicted octanol–water partition coefficient (Wildman–Crippen LogP) is 4.50. The van der Waals surface area contributed by atoms with E-state index in [1.165, 1.54) is 11.1 Å². The van der Waals surface area contributed by atoms with Gasteiger partial charge < -0.3 is 5.11 Å². The fourth-order valence-corrected chi connectivity index (χ4v) is 1.54. The number of benzene rings is 2. The molecule has 17 heavy (non-hydrogen) atoms. The first-order chi connectivity index (χ1) is 8.27. The first-order valence-electron chi connectivity index (χ1n) is 5.69. The van der Waals surface area contributed by atoms with Crippen molar-refractivity contribution in [2.45, 2.75) is 13.3 Å². The summed E-state index contributed by atoms with van der Waals surface area (Å²) in [5.74, 6) is 0. The number of rotatable bonds is 2. The van der Waals surface area contributed by atoms with Crippen LogP contribution in [0.3, 0.4) is 0 Å². The van der Waals surface area contributed by atoms with Crippen LogP contribution in [-0.2, 0) is 0 Å². The van der Waals surface area contributed by atoms with Crippen molar-refractivity contribution in [3.63, 3.8) is 0 Å². The second kappa shape index (κ2) is 8.04. The number of hydrogen-bond donors (Lipinski definition) is 1. The Balaban J connectivity index is 0.000000317. The fraction of sp³-hybridized carbons (Fsp3) is 0.200. The van der Waals surface area contributed by atoms with Crippen LogP contribution in [0.5, 0.6) is 0 Å². The molecular weight excluding hydrogens is 276 g/mol. The summed E-state index contributed by atoms with van der Waals surface area (Å²) in [5, 5.41) is 7.88. The van der Waals surface area contributed by atoms with Crippen molar-refractivity contribution in [1.82, 2.24) is 0 Å². The largest absolute Gasteiger partial charge is 0.396 e. The Morgan fingerprint density at radius 3 is 1.82 bits per heavy atom. The molecule has 0 fully saturated rings. The molecule has 0 saturated heterocycles. The number of halogens is 1. The maximum absolute atomic E-state index is 7.88. The average Bonchev–Trinajstić information content (AvgIpc) is 2.41. The van der Waals surface area contributed by atoms with Gasteiger partial charge in [-0.3, -0.25) is 0 Å². The van der Waals surface area contributed by atoms with Gasteiger partial charge in [0.25, 0.3) is 0 Å². The SMILES string of the molecule is Brc1ccc(-c2ccccc2)cc1.CCCO. The van der Waals surface area contributed by atoms with Gasteiger partial charge in [0.1, 0.15) is 0 Å². The second-order valence-electron chi connectivity index (χ2n) is 3.60. The minimum atomic E-state index is 0.319. The molecule has 0 unspecified atom stereocenters. The van der Waals surface area contributed by atoms with Gasteiger partial charge in [-0.05, 0) is 29.7 Å². The lowest BCUT2D eigenvalue weighted by molar-refractivity contribution is 0.295. The lowest BCUT2D eigenvalue weighted by Crippen LogP contribution is -1.75. The maximum Gasteiger partial charge on any atom is 0.0428 e. The molecule has 2 rings (SSSR count). The lowest BCUT2D eigenvalue weighted by atomic mass is 10.1. The third-order valence-electron chi connectivity index (χ3n) is 2.17. The quantitative estimate of drug-likeness (QED) is 0.864. The zero-order chi connectivity index (χ0) is 12.5. The van der Waals surface area contributed by atoms with Gasteiger partial charge >= 0.3 is 0 Å². The van der Waals surface area contributed by atoms with E-state index in [2.05, 4.69) is 64.5 Å². The van der Waals surface area contributed by atoms with Crippen LogP contribution in [0.1, 0.15) is 13.3 Å². The molecule has 2 aromatic carbocycles. The molecule has 0 aliphatic heterocycles. The van der Waals surface area contributed by atoms with Crippen LogP contribution in [0.2, 0.25) is 0 Å². The van der Waals surface area contributed by atoms with Crippen molar-refractivity contribution >= 4 is 15.9 Å². The van der Waals surface area contributed by atoms with Gasteiger partial charge in [-0.2, -0.15) is 0 Å². The van der Waals surface area contributed by atoms with E-state index in [0.717, 1.165) is 10.9 Å². The summed E-state index contributed by atoms with van der Waals surface area (Å²) in [5.41, 5.74) is 2.51. The molecule has 0 aliphatic rings. The predicted molar refractivity (Wildman–Crippen MR) is 77.0 cm³/mol. The van der Waals surface area contributed by atoms with Crippen molar-refractivity contribution in [2.75, 3.05) is 6.61 Å². The lowest BCUT2D eigenvalue weighted by Gasteiger charge is -2.00. The molecule has 0 bridgehead atoms. The van der Waals surface area contributed by atoms with Crippen molar-refractivity contribution < 1.29 is 5.11 Å². The molecule has 0 aromatic heterocycles. The summed E-state index contributed by atoms with van der Waals surface area (Å²) < 4.78 is 1.12. The summed E-state index contributed by atoms with van der Waals surface area (Å²) >= 11 is 3.42. The Morgan fingerprint density at radius 2 is 1.35 bits per heavy atom. The Labute approximate surface area is 111 Å². The van der Waals surface area contributed by atoms with E-state index in [1.807, 2.05) is 13.0 Å². The van der Waals surface area contributed by atoms with E-state index in [9.17, 15) is 0 Å². The van der Waals surface area contributed by atoms with E-state index >= 15 is 0 Å². The van der Waals surface area contributed by atoms with Gasteiger partial charge in [0.05, 0.1) is 0 Å². The Bertz CT molecular complexity index is 407. The minimum absolute atomic E-state index is 0.319. The Kier molecular flexibility index (Phi) is 6.60. The third kappa shape index (κ3) is 5.16. The molecule has 0 spiro atoms. The highest BCUT2D eigenvalue weighted by Gasteiger charge is 1.94. The highest BCUT2D eigenvalue weighted by atomic mass is 79.9. The van der Waals surface area contributed by atoms with Crippen LogP contribution in [0.15, 0.2) is 59.1 Å². The molecule has 0 aliphatic carbocycles. The van der Waals surface area contributed by atoms with Gasteiger partial charge in [0.2, 0.25) is 0 Å². The van der Waals surface area contributed by atoms with Gasteiger partial charge in [0.15, 0.2) is 0 Å². The van der Waals surface area contributed by atoms with Gasteiger partial charge in [-0.25, -0.2) is 0 Å². The van der Waals surface area contributed by atoms with Crippen molar-refractivity contribution in [2.24, 2.45) is 0 Å². The standard InChI is InChI=1S/C12H9Br.C3H8O/c13-12-8-6-11(7-9-12)10-4-2-1-3-5-10;1-2-3-4/h1-9H;4H,2-3H2,1H3. The summed E-state index contributed by atoms with van der Waals surface area (Å²) in [6, 6.07) is 18.7. The number of hydrogen-bond acceptors (Lipinski definition) is 1. The molecule has 2 aromatic rings. The van der Waals surface area contributed by atoms with Crippen molar-refractivity contribution in [1.29, 1.82) is 0 Å². The third-order valence-corrected chi connectivity index (χ3v) is 2.70. The van der Waals surface area contributed by atoms with Gasteiger partial charge in [0, 0.05) is 11.1 Å². The molecule has 0 saturated carbocycles. The Morgan fingerprint density at radius 1 is 0.882 bits per heavy atom. The molecule has 0 radical (unpaired) electrons. The Hall–Kier alpha value is -1.12. The van der Waals surface area contributed by atoms with Crippen LogP contribution < -0.4 is 0 Å². The molecule has 0 amide bonds. The topological polar surface area (TPSA) is 20.2 Å². The first kappa shape index (κ1) is 13.9. The summed E-state index contributed by atoms with van der Waals surface area (Å²) in [6.07, 6.45) is 0.875. The van der Waals surface area contributed by atoms with E-state index in [-0.39, 0.29) is 0 Å². The molecule has 1 nitrogen and oxygen atoms in total. The molecule has 1 N–H and O–H groups in total. The van der Waals surface area contributed by atoms with Crippen LogP contribution in [0, 0.1) is 0 Å². The van der Waals surface area contributed by atoms with Crippen LogP contribution >= 0.6 is 15.9 Å². The zero-order valence-electron chi connectivity index (χ0n) is 9.94. The summed E-state index contributed by atoms with van der Waals surface area (Å²) in [4.78, 5) is 0. The highest BCUT2D eigenvalue weighted by molar-refractivity contribution is 9.10. The summed E-state index contributed by atoms with van der Waals surface area (Å²) in [7, 11) is 0. The van der Waals surface area contributed by atoms with E-state index in [4.69, 9.17) is 5.11 Å². The molecule has 0 heterocycles. The molecule has 90 valence electrons. The van der Waals surface area contributed by atoms with Crippen molar-refractivity contribution in [3.8, 4) is 11.1 Å². The minimum Gasteiger partial charge on any atom is -0.396 e. The maximum atomic E-state index is 7.88. The average molecular weight is 293 g/mol. The van der Waals surface area contributed by atoms with Crippen LogP contribution in [-0.4, -0.2) is 11.7 Å². The van der Waals surface area contributed by atoms with Crippen LogP contribution in [0.4, 0.5) is 0 Å². The smallest absolute Gasteiger partial charge is 0.0428 e. The normalized spacial score (nSPS) is 9.35. The number of aliphatic hydroxyl groups excluding tert-OH is 1. The van der Waals surface area contributed by atoms with Crippen molar-refractivity contribution in [3.05, 3.63) is 59.1 Å². The molecular formula is C15H17BrO. The molecule has 0 atom stereocenters. The van der Waals surface area contributed by atoms with E-state index < -0.39 is 0 Å². The van der Waals surface area contributed by atoms with Gasteiger partial charge in [-0.1, -0.05) is 65.3 Å². The number of aliphatic hydroxyl groups is 1. The monoisotopic (exact) mass is 292 g/mol. The molecule has 2 heteroatoms. The van der Waals surface area contributed by atoms with Gasteiger partial charge in [-0.15, -0.1) is 0 Å². The fourth-order valence-electron chi connectivity index (χ4n) is 1.27.